The zero-order valence-electron chi connectivity index (χ0n) is 20.5. The predicted octanol–water partition coefficient (Wildman–Crippen LogP) is 6.42. The van der Waals surface area contributed by atoms with E-state index in [9.17, 15) is 9.59 Å². The standard InChI is InChI=1S/C25H26Br3N3O5/c1-6-13(3)23-30-18-9-8-16(26)11-17(18)24(32)31(23)29-12-15-10-19(34-5)22(21(28)20(15)27)36-14(4)25(33)35-7-2/h8-14H,6-7H2,1-5H3/t13-,14-/m0/s1. The van der Waals surface area contributed by atoms with Crippen molar-refractivity contribution < 1.29 is 19.0 Å². The van der Waals surface area contributed by atoms with Crippen LogP contribution in [0.15, 0.2) is 47.6 Å². The fraction of sp³-hybridized carbons (Fsp3) is 0.360. The van der Waals surface area contributed by atoms with Crippen LogP contribution in [0.2, 0.25) is 0 Å². The molecule has 0 saturated carbocycles. The first kappa shape index (κ1) is 28.3. The lowest BCUT2D eigenvalue weighted by molar-refractivity contribution is -0.150. The monoisotopic (exact) mass is 685 g/mol. The molecule has 0 aliphatic rings. The highest BCUT2D eigenvalue weighted by Gasteiger charge is 2.23. The molecule has 0 fully saturated rings. The molecule has 1 aromatic heterocycles. The Bertz CT molecular complexity index is 1370. The third-order valence-electron chi connectivity index (χ3n) is 5.49. The number of benzene rings is 2. The Morgan fingerprint density at radius 1 is 1.17 bits per heavy atom. The van der Waals surface area contributed by atoms with Crippen LogP contribution in [0, 0.1) is 0 Å². The molecule has 0 spiro atoms. The Labute approximate surface area is 234 Å². The van der Waals surface area contributed by atoms with Gasteiger partial charge >= 0.3 is 5.97 Å². The van der Waals surface area contributed by atoms with Crippen molar-refractivity contribution in [1.82, 2.24) is 9.66 Å². The third-order valence-corrected chi connectivity index (χ3v) is 8.12. The first-order chi connectivity index (χ1) is 17.1. The molecule has 2 atom stereocenters. The van der Waals surface area contributed by atoms with Crippen LogP contribution in [0.4, 0.5) is 0 Å². The summed E-state index contributed by atoms with van der Waals surface area (Å²) in [5.41, 5.74) is 0.970. The molecular formula is C25H26Br3N3O5. The van der Waals surface area contributed by atoms with Crippen LogP contribution in [-0.4, -0.2) is 41.7 Å². The van der Waals surface area contributed by atoms with E-state index < -0.39 is 12.1 Å². The van der Waals surface area contributed by atoms with Crippen molar-refractivity contribution >= 4 is 70.9 Å². The fourth-order valence-electron chi connectivity index (χ4n) is 3.34. The molecule has 0 bridgehead atoms. The summed E-state index contributed by atoms with van der Waals surface area (Å²) in [6.07, 6.45) is 1.49. The van der Waals surface area contributed by atoms with E-state index in [1.165, 1.54) is 11.8 Å². The number of carbonyl (C=O) groups is 1. The Morgan fingerprint density at radius 2 is 1.89 bits per heavy atom. The molecule has 36 heavy (non-hydrogen) atoms. The van der Waals surface area contributed by atoms with Crippen LogP contribution in [0.1, 0.15) is 51.4 Å². The van der Waals surface area contributed by atoms with Gasteiger partial charge in [-0.15, -0.1) is 0 Å². The van der Waals surface area contributed by atoms with Crippen LogP contribution >= 0.6 is 47.8 Å². The van der Waals surface area contributed by atoms with Crippen molar-refractivity contribution in [2.24, 2.45) is 5.10 Å². The number of aromatic nitrogens is 2. The van der Waals surface area contributed by atoms with Gasteiger partial charge in [-0.25, -0.2) is 9.78 Å². The second-order valence-electron chi connectivity index (χ2n) is 7.94. The lowest BCUT2D eigenvalue weighted by Crippen LogP contribution is -2.26. The molecule has 0 saturated heterocycles. The van der Waals surface area contributed by atoms with Gasteiger partial charge in [0.25, 0.3) is 5.56 Å². The second-order valence-corrected chi connectivity index (χ2v) is 10.4. The maximum Gasteiger partial charge on any atom is 0.347 e. The molecule has 2 aromatic carbocycles. The molecule has 0 unspecified atom stereocenters. The van der Waals surface area contributed by atoms with E-state index in [4.69, 9.17) is 19.2 Å². The molecule has 8 nitrogen and oxygen atoms in total. The van der Waals surface area contributed by atoms with E-state index in [0.717, 1.165) is 10.9 Å². The first-order valence-corrected chi connectivity index (χ1v) is 13.7. The molecule has 0 amide bonds. The Balaban J connectivity index is 2.10. The zero-order valence-corrected chi connectivity index (χ0v) is 25.2. The number of hydrogen-bond donors (Lipinski definition) is 0. The summed E-state index contributed by atoms with van der Waals surface area (Å²) in [5, 5.41) is 4.99. The van der Waals surface area contributed by atoms with Crippen LogP contribution in [-0.2, 0) is 9.53 Å². The number of halogens is 3. The third kappa shape index (κ3) is 6.00. The Morgan fingerprint density at radius 3 is 2.53 bits per heavy atom. The molecule has 0 N–H and O–H groups in total. The van der Waals surface area contributed by atoms with Gasteiger partial charge in [0.15, 0.2) is 17.6 Å². The molecule has 3 rings (SSSR count). The molecule has 1 heterocycles. The Kier molecular flexibility index (Phi) is 9.71. The lowest BCUT2D eigenvalue weighted by atomic mass is 10.1. The number of nitrogens with zero attached hydrogens (tertiary/aromatic N) is 3. The largest absolute Gasteiger partial charge is 0.493 e. The topological polar surface area (TPSA) is 92.0 Å². The van der Waals surface area contributed by atoms with E-state index >= 15 is 0 Å². The van der Waals surface area contributed by atoms with Crippen molar-refractivity contribution in [1.29, 1.82) is 0 Å². The smallest absolute Gasteiger partial charge is 0.347 e. The van der Waals surface area contributed by atoms with Crippen LogP contribution in [0.25, 0.3) is 10.9 Å². The number of methoxy groups -OCH3 is 1. The molecule has 3 aromatic rings. The van der Waals surface area contributed by atoms with Crippen molar-refractivity contribution in [2.45, 2.75) is 46.1 Å². The molecular weight excluding hydrogens is 662 g/mol. The van der Waals surface area contributed by atoms with Crippen LogP contribution in [0.3, 0.4) is 0 Å². The number of esters is 1. The predicted molar refractivity (Wildman–Crippen MR) is 151 cm³/mol. The molecule has 0 aliphatic heterocycles. The van der Waals surface area contributed by atoms with Gasteiger partial charge < -0.3 is 14.2 Å². The highest BCUT2D eigenvalue weighted by molar-refractivity contribution is 9.13. The maximum atomic E-state index is 13.4. The molecule has 192 valence electrons. The van der Waals surface area contributed by atoms with Crippen molar-refractivity contribution in [3.8, 4) is 11.5 Å². The normalized spacial score (nSPS) is 13.1. The van der Waals surface area contributed by atoms with Gasteiger partial charge in [0.05, 0.1) is 35.3 Å². The number of hydrogen-bond acceptors (Lipinski definition) is 7. The average Bonchev–Trinajstić information content (AvgIpc) is 2.86. The highest BCUT2D eigenvalue weighted by atomic mass is 79.9. The first-order valence-electron chi connectivity index (χ1n) is 11.3. The maximum absolute atomic E-state index is 13.4. The minimum atomic E-state index is -0.846. The highest BCUT2D eigenvalue weighted by Crippen LogP contribution is 2.43. The fourth-order valence-corrected chi connectivity index (χ4v) is 4.62. The minimum Gasteiger partial charge on any atom is -0.493 e. The van der Waals surface area contributed by atoms with Gasteiger partial charge in [0, 0.05) is 20.4 Å². The molecule has 0 aliphatic carbocycles. The van der Waals surface area contributed by atoms with E-state index in [2.05, 4.69) is 52.9 Å². The van der Waals surface area contributed by atoms with E-state index in [1.54, 1.807) is 32.2 Å². The van der Waals surface area contributed by atoms with Gasteiger partial charge in [0.1, 0.15) is 5.82 Å². The summed E-state index contributed by atoms with van der Waals surface area (Å²) in [5.74, 6) is 0.793. The van der Waals surface area contributed by atoms with E-state index in [1.807, 2.05) is 26.0 Å². The summed E-state index contributed by atoms with van der Waals surface area (Å²) in [7, 11) is 1.50. The number of carbonyl (C=O) groups excluding carboxylic acids is 1. The van der Waals surface area contributed by atoms with E-state index in [-0.39, 0.29) is 18.1 Å². The van der Waals surface area contributed by atoms with Gasteiger partial charge in [-0.3, -0.25) is 4.79 Å². The van der Waals surface area contributed by atoms with Crippen molar-refractivity contribution in [3.05, 3.63) is 59.4 Å². The second kappa shape index (κ2) is 12.3. The van der Waals surface area contributed by atoms with Crippen LogP contribution < -0.4 is 15.0 Å². The van der Waals surface area contributed by atoms with Gasteiger partial charge in [-0.1, -0.05) is 29.8 Å². The summed E-state index contributed by atoms with van der Waals surface area (Å²) >= 11 is 10.5. The van der Waals surface area contributed by atoms with Crippen molar-refractivity contribution in [3.63, 3.8) is 0 Å². The molecule has 11 heteroatoms. The summed E-state index contributed by atoms with van der Waals surface area (Å²) in [4.78, 5) is 30.2. The number of fused-ring (bicyclic) bond motifs is 1. The van der Waals surface area contributed by atoms with Crippen LogP contribution in [0.5, 0.6) is 11.5 Å². The lowest BCUT2D eigenvalue weighted by Gasteiger charge is -2.19. The average molecular weight is 688 g/mol. The summed E-state index contributed by atoms with van der Waals surface area (Å²) in [6, 6.07) is 7.11. The Hall–Kier alpha value is -2.24. The zero-order chi connectivity index (χ0) is 26.6. The minimum absolute atomic E-state index is 0.00718. The van der Waals surface area contributed by atoms with Gasteiger partial charge in [0.2, 0.25) is 0 Å². The summed E-state index contributed by atoms with van der Waals surface area (Å²) < 4.78 is 19.6. The quantitative estimate of drug-likeness (QED) is 0.191. The number of ether oxygens (including phenoxy) is 3. The molecule has 0 radical (unpaired) electrons. The van der Waals surface area contributed by atoms with Gasteiger partial charge in [-0.05, 0) is 76.4 Å². The number of rotatable bonds is 9. The summed E-state index contributed by atoms with van der Waals surface area (Å²) in [6.45, 7) is 7.62. The van der Waals surface area contributed by atoms with Crippen molar-refractivity contribution in [2.75, 3.05) is 13.7 Å². The van der Waals surface area contributed by atoms with Gasteiger partial charge in [-0.2, -0.15) is 9.78 Å². The SMILES string of the molecule is CCOC(=O)[C@H](C)Oc1c(OC)cc(C=Nn2c([C@@H](C)CC)nc3ccc(Br)cc3c2=O)c(Br)c1Br. The van der Waals surface area contributed by atoms with E-state index in [0.29, 0.717) is 42.7 Å².